The second kappa shape index (κ2) is 4.31. The first-order chi connectivity index (χ1) is 8.23. The van der Waals surface area contributed by atoms with Crippen molar-refractivity contribution in [2.24, 2.45) is 0 Å². The van der Waals surface area contributed by atoms with Crippen molar-refractivity contribution in [2.45, 2.75) is 17.8 Å². The monoisotopic (exact) mass is 254 g/mol. The minimum absolute atomic E-state index is 0.143. The number of aliphatic hydroxyl groups is 1. The number of aliphatic hydroxyl groups excluding tert-OH is 1. The summed E-state index contributed by atoms with van der Waals surface area (Å²) in [4.78, 5) is 7.09. The lowest BCUT2D eigenvalue weighted by Gasteiger charge is -2.37. The maximum Gasteiger partial charge on any atom is 0.106 e. The average Bonchev–Trinajstić information content (AvgIpc) is 2.86. The molecular weight excluding hydrogens is 236 g/mol. The molecular formula is C12H18N2O2S. The SMILES string of the molecule is CN1CCC(c2csc(C3(CO)COC3)n2)C1. The minimum Gasteiger partial charge on any atom is -0.395 e. The molecule has 2 aliphatic rings. The highest BCUT2D eigenvalue weighted by Gasteiger charge is 2.43. The van der Waals surface area contributed by atoms with E-state index in [0.717, 1.165) is 18.1 Å². The lowest BCUT2D eigenvalue weighted by Crippen LogP contribution is -2.49. The number of likely N-dealkylation sites (N-methyl/N-ethyl adjacent to an activating group) is 1. The van der Waals surface area contributed by atoms with Gasteiger partial charge in [-0.1, -0.05) is 0 Å². The molecule has 5 heteroatoms. The molecule has 1 N–H and O–H groups in total. The van der Waals surface area contributed by atoms with E-state index in [2.05, 4.69) is 17.3 Å². The van der Waals surface area contributed by atoms with E-state index in [9.17, 15) is 5.11 Å². The normalized spacial score (nSPS) is 28.2. The summed E-state index contributed by atoms with van der Waals surface area (Å²) in [5, 5.41) is 12.7. The fourth-order valence-electron chi connectivity index (χ4n) is 2.52. The Hall–Kier alpha value is -0.490. The zero-order valence-electron chi connectivity index (χ0n) is 10.1. The molecule has 0 aromatic carbocycles. The van der Waals surface area contributed by atoms with Gasteiger partial charge in [-0.2, -0.15) is 0 Å². The summed E-state index contributed by atoms with van der Waals surface area (Å²) in [6.07, 6.45) is 1.20. The molecule has 0 radical (unpaired) electrons. The van der Waals surface area contributed by atoms with Gasteiger partial charge in [-0.05, 0) is 20.0 Å². The molecule has 1 aromatic rings. The van der Waals surface area contributed by atoms with Gasteiger partial charge in [0.05, 0.1) is 30.9 Å². The maximum absolute atomic E-state index is 9.49. The average molecular weight is 254 g/mol. The van der Waals surface area contributed by atoms with Crippen molar-refractivity contribution in [1.82, 2.24) is 9.88 Å². The van der Waals surface area contributed by atoms with Crippen LogP contribution in [-0.4, -0.2) is 54.9 Å². The van der Waals surface area contributed by atoms with Gasteiger partial charge < -0.3 is 14.7 Å². The van der Waals surface area contributed by atoms with Crippen molar-refractivity contribution >= 4 is 11.3 Å². The van der Waals surface area contributed by atoms with Gasteiger partial charge in [-0.3, -0.25) is 0 Å². The van der Waals surface area contributed by atoms with Crippen LogP contribution >= 0.6 is 11.3 Å². The van der Waals surface area contributed by atoms with Gasteiger partial charge in [0.25, 0.3) is 0 Å². The van der Waals surface area contributed by atoms with Crippen molar-refractivity contribution in [3.8, 4) is 0 Å². The second-order valence-corrected chi connectivity index (χ2v) is 6.11. The van der Waals surface area contributed by atoms with E-state index in [1.54, 1.807) is 11.3 Å². The number of hydrogen-bond acceptors (Lipinski definition) is 5. The number of hydrogen-bond donors (Lipinski definition) is 1. The summed E-state index contributed by atoms with van der Waals surface area (Å²) < 4.78 is 5.23. The molecule has 2 aliphatic heterocycles. The lowest BCUT2D eigenvalue weighted by atomic mass is 9.88. The number of rotatable bonds is 3. The molecule has 0 aliphatic carbocycles. The Morgan fingerprint density at radius 1 is 1.65 bits per heavy atom. The fourth-order valence-corrected chi connectivity index (χ4v) is 3.59. The van der Waals surface area contributed by atoms with Crippen molar-refractivity contribution in [2.75, 3.05) is 40.0 Å². The molecule has 1 atom stereocenters. The summed E-state index contributed by atoms with van der Waals surface area (Å²) in [6.45, 7) is 3.63. The Kier molecular flexibility index (Phi) is 2.94. The highest BCUT2D eigenvalue weighted by Crippen LogP contribution is 2.36. The molecule has 2 saturated heterocycles. The molecule has 3 rings (SSSR count). The molecule has 2 fully saturated rings. The van der Waals surface area contributed by atoms with Crippen LogP contribution in [0.15, 0.2) is 5.38 Å². The number of thiazole rings is 1. The van der Waals surface area contributed by atoms with Crippen LogP contribution in [0.25, 0.3) is 0 Å². The summed E-state index contributed by atoms with van der Waals surface area (Å²) >= 11 is 1.68. The standard InChI is InChI=1S/C12H18N2O2S/c1-14-3-2-9(4-14)10-5-17-11(13-10)12(6-15)7-16-8-12/h5,9,15H,2-4,6-8H2,1H3. The largest absolute Gasteiger partial charge is 0.395 e. The molecule has 0 spiro atoms. The number of likely N-dealkylation sites (tertiary alicyclic amines) is 1. The Morgan fingerprint density at radius 3 is 3.00 bits per heavy atom. The molecule has 1 unspecified atom stereocenters. The van der Waals surface area contributed by atoms with Crippen LogP contribution in [0, 0.1) is 0 Å². The van der Waals surface area contributed by atoms with Crippen molar-refractivity contribution in [3.05, 3.63) is 16.1 Å². The quantitative estimate of drug-likeness (QED) is 0.867. The van der Waals surface area contributed by atoms with E-state index in [1.165, 1.54) is 12.1 Å². The Labute approximate surface area is 105 Å². The van der Waals surface area contributed by atoms with Crippen LogP contribution < -0.4 is 0 Å². The Morgan fingerprint density at radius 2 is 2.47 bits per heavy atom. The number of aromatic nitrogens is 1. The zero-order chi connectivity index (χ0) is 11.9. The van der Waals surface area contributed by atoms with Crippen LogP contribution in [0.2, 0.25) is 0 Å². The third kappa shape index (κ3) is 1.91. The van der Waals surface area contributed by atoms with Crippen molar-refractivity contribution in [1.29, 1.82) is 0 Å². The zero-order valence-corrected chi connectivity index (χ0v) is 10.9. The van der Waals surface area contributed by atoms with E-state index >= 15 is 0 Å². The van der Waals surface area contributed by atoms with E-state index in [-0.39, 0.29) is 12.0 Å². The minimum atomic E-state index is -0.201. The third-order valence-electron chi connectivity index (χ3n) is 3.84. The molecule has 17 heavy (non-hydrogen) atoms. The summed E-state index contributed by atoms with van der Waals surface area (Å²) in [5.74, 6) is 0.571. The molecule has 0 bridgehead atoms. The molecule has 94 valence electrons. The van der Waals surface area contributed by atoms with E-state index < -0.39 is 0 Å². The van der Waals surface area contributed by atoms with Gasteiger partial charge in [0, 0.05) is 17.8 Å². The maximum atomic E-state index is 9.49. The third-order valence-corrected chi connectivity index (χ3v) is 4.95. The van der Waals surface area contributed by atoms with Crippen LogP contribution in [0.1, 0.15) is 23.0 Å². The van der Waals surface area contributed by atoms with Crippen LogP contribution in [0.3, 0.4) is 0 Å². The van der Waals surface area contributed by atoms with Gasteiger partial charge in [-0.15, -0.1) is 11.3 Å². The molecule has 0 saturated carbocycles. The topological polar surface area (TPSA) is 45.6 Å². The van der Waals surface area contributed by atoms with Crippen molar-refractivity contribution < 1.29 is 9.84 Å². The molecule has 3 heterocycles. The van der Waals surface area contributed by atoms with Crippen LogP contribution in [0.4, 0.5) is 0 Å². The molecule has 1 aromatic heterocycles. The first kappa shape index (κ1) is 11.6. The highest BCUT2D eigenvalue weighted by molar-refractivity contribution is 7.09. The predicted molar refractivity (Wildman–Crippen MR) is 66.6 cm³/mol. The first-order valence-corrected chi connectivity index (χ1v) is 6.94. The van der Waals surface area contributed by atoms with Gasteiger partial charge in [0.15, 0.2) is 0 Å². The summed E-state index contributed by atoms with van der Waals surface area (Å²) in [5.41, 5.74) is 1.00. The first-order valence-electron chi connectivity index (χ1n) is 6.06. The van der Waals surface area contributed by atoms with E-state index in [4.69, 9.17) is 9.72 Å². The summed E-state index contributed by atoms with van der Waals surface area (Å²) in [7, 11) is 2.16. The summed E-state index contributed by atoms with van der Waals surface area (Å²) in [6, 6.07) is 0. The van der Waals surface area contributed by atoms with Crippen LogP contribution in [-0.2, 0) is 10.2 Å². The Balaban J connectivity index is 1.78. The second-order valence-electron chi connectivity index (χ2n) is 5.26. The smallest absolute Gasteiger partial charge is 0.106 e. The van der Waals surface area contributed by atoms with E-state index in [1.807, 2.05) is 0 Å². The Bertz CT molecular complexity index is 397. The van der Waals surface area contributed by atoms with Crippen molar-refractivity contribution in [3.63, 3.8) is 0 Å². The fraction of sp³-hybridized carbons (Fsp3) is 0.750. The number of ether oxygens (including phenoxy) is 1. The van der Waals surface area contributed by atoms with Crippen LogP contribution in [0.5, 0.6) is 0 Å². The van der Waals surface area contributed by atoms with Gasteiger partial charge in [0.2, 0.25) is 0 Å². The predicted octanol–water partition coefficient (Wildman–Crippen LogP) is 0.823. The molecule has 4 nitrogen and oxygen atoms in total. The van der Waals surface area contributed by atoms with E-state index in [0.29, 0.717) is 19.1 Å². The van der Waals surface area contributed by atoms with Gasteiger partial charge >= 0.3 is 0 Å². The lowest BCUT2D eigenvalue weighted by molar-refractivity contribution is -0.0842. The van der Waals surface area contributed by atoms with Gasteiger partial charge in [-0.25, -0.2) is 4.98 Å². The van der Waals surface area contributed by atoms with Gasteiger partial charge in [0.1, 0.15) is 5.01 Å². The number of nitrogens with zero attached hydrogens (tertiary/aromatic N) is 2. The highest BCUT2D eigenvalue weighted by atomic mass is 32.1. The molecule has 0 amide bonds.